The van der Waals surface area contributed by atoms with Crippen LogP contribution in [-0.4, -0.2) is 49.0 Å². The monoisotopic (exact) mass is 285 g/mol. The molecule has 20 heavy (non-hydrogen) atoms. The number of H-pyrrole nitrogens is 1. The molecule has 0 amide bonds. The van der Waals surface area contributed by atoms with Crippen LogP contribution < -0.4 is 11.2 Å². The summed E-state index contributed by atoms with van der Waals surface area (Å²) in [4.78, 5) is 24.4. The van der Waals surface area contributed by atoms with E-state index in [2.05, 4.69) is 5.10 Å². The van der Waals surface area contributed by atoms with Gasteiger partial charge in [0, 0.05) is 0 Å². The van der Waals surface area contributed by atoms with Gasteiger partial charge in [0.15, 0.2) is 0 Å². The zero-order valence-corrected chi connectivity index (χ0v) is 10.4. The van der Waals surface area contributed by atoms with E-state index in [1.807, 2.05) is 4.98 Å². The predicted octanol–water partition coefficient (Wildman–Crippen LogP) is -2.09. The molecule has 0 aliphatic carbocycles. The Labute approximate surface area is 111 Å². The molecule has 0 radical (unpaired) electrons. The SMILES string of the molecule is C#C[C@@]1(F)C(O)[C@@H]([C@@H](C)O)O[C@H]1n1ncc(=O)[nH]c1=O. The third-order valence-electron chi connectivity index (χ3n) is 3.04. The average Bonchev–Trinajstić information content (AvgIpc) is 2.64. The Hall–Kier alpha value is -2.02. The van der Waals surface area contributed by atoms with Crippen molar-refractivity contribution < 1.29 is 19.3 Å². The first-order valence-electron chi connectivity index (χ1n) is 5.67. The summed E-state index contributed by atoms with van der Waals surface area (Å²) in [5, 5.41) is 22.7. The van der Waals surface area contributed by atoms with Crippen LogP contribution in [0.25, 0.3) is 0 Å². The van der Waals surface area contributed by atoms with Crippen molar-refractivity contribution in [1.29, 1.82) is 0 Å². The van der Waals surface area contributed by atoms with Gasteiger partial charge in [0.25, 0.3) is 5.56 Å². The number of hydrogen-bond acceptors (Lipinski definition) is 6. The molecule has 1 aromatic heterocycles. The molecule has 5 atom stereocenters. The summed E-state index contributed by atoms with van der Waals surface area (Å²) in [6.45, 7) is 1.27. The highest BCUT2D eigenvalue weighted by Crippen LogP contribution is 2.41. The highest BCUT2D eigenvalue weighted by atomic mass is 19.1. The third kappa shape index (κ3) is 2.03. The average molecular weight is 285 g/mol. The predicted molar refractivity (Wildman–Crippen MR) is 63.4 cm³/mol. The van der Waals surface area contributed by atoms with Gasteiger partial charge >= 0.3 is 5.69 Å². The van der Waals surface area contributed by atoms with Crippen molar-refractivity contribution in [3.05, 3.63) is 27.0 Å². The summed E-state index contributed by atoms with van der Waals surface area (Å²) in [6, 6.07) is 0. The molecule has 3 N–H and O–H groups in total. The minimum Gasteiger partial charge on any atom is -0.391 e. The number of aliphatic hydroxyl groups excluding tert-OH is 2. The molecule has 108 valence electrons. The number of rotatable bonds is 2. The van der Waals surface area contributed by atoms with Crippen molar-refractivity contribution in [3.8, 4) is 12.3 Å². The van der Waals surface area contributed by atoms with Crippen molar-refractivity contribution in [2.24, 2.45) is 0 Å². The van der Waals surface area contributed by atoms with Crippen LogP contribution in [0, 0.1) is 12.3 Å². The van der Waals surface area contributed by atoms with E-state index >= 15 is 0 Å². The van der Waals surface area contributed by atoms with E-state index in [-0.39, 0.29) is 0 Å². The maximum atomic E-state index is 14.7. The van der Waals surface area contributed by atoms with E-state index < -0.39 is 41.5 Å². The van der Waals surface area contributed by atoms with Crippen LogP contribution in [0.15, 0.2) is 15.8 Å². The standard InChI is InChI=1S/C11H12FN3O5/c1-3-11(12)8(18)7(5(2)16)20-9(11)15-10(19)14-6(17)4-13-15/h1,4-5,7-9,16,18H,2H3,(H,14,17,19)/t5-,7-,8?,9-,11-/m1/s1. The van der Waals surface area contributed by atoms with E-state index in [0.29, 0.717) is 4.68 Å². The van der Waals surface area contributed by atoms with E-state index in [9.17, 15) is 24.2 Å². The minimum absolute atomic E-state index is 0.479. The van der Waals surface area contributed by atoms with Crippen molar-refractivity contribution in [3.63, 3.8) is 0 Å². The van der Waals surface area contributed by atoms with E-state index in [0.717, 1.165) is 6.20 Å². The quantitative estimate of drug-likeness (QED) is 0.536. The smallest absolute Gasteiger partial charge is 0.347 e. The summed E-state index contributed by atoms with van der Waals surface area (Å²) in [5.41, 5.74) is -4.59. The molecule has 0 saturated carbocycles. The first-order chi connectivity index (χ1) is 9.31. The maximum Gasteiger partial charge on any atom is 0.347 e. The molecule has 2 rings (SSSR count). The molecule has 0 aromatic carbocycles. The number of aromatic nitrogens is 3. The molecule has 1 aliphatic rings. The molecule has 1 saturated heterocycles. The minimum atomic E-state index is -2.77. The molecular weight excluding hydrogens is 273 g/mol. The van der Waals surface area contributed by atoms with Gasteiger partial charge in [-0.1, -0.05) is 5.92 Å². The Balaban J connectivity index is 2.53. The lowest BCUT2D eigenvalue weighted by Gasteiger charge is -2.22. The number of aromatic amines is 1. The number of nitrogens with zero attached hydrogens (tertiary/aromatic N) is 2. The molecule has 0 spiro atoms. The Kier molecular flexibility index (Phi) is 3.47. The van der Waals surface area contributed by atoms with Gasteiger partial charge in [-0.15, -0.1) is 6.42 Å². The van der Waals surface area contributed by atoms with Crippen molar-refractivity contribution in [1.82, 2.24) is 14.8 Å². The number of ether oxygens (including phenoxy) is 1. The lowest BCUT2D eigenvalue weighted by atomic mass is 9.95. The second-order valence-corrected chi connectivity index (χ2v) is 4.43. The zero-order valence-electron chi connectivity index (χ0n) is 10.4. The molecule has 1 aromatic rings. The van der Waals surface area contributed by atoms with Gasteiger partial charge in [-0.05, 0) is 6.92 Å². The fraction of sp³-hybridized carbons (Fsp3) is 0.545. The topological polar surface area (TPSA) is 117 Å². The van der Waals surface area contributed by atoms with Crippen LogP contribution >= 0.6 is 0 Å². The molecule has 1 unspecified atom stereocenters. The Morgan fingerprint density at radius 3 is 2.85 bits per heavy atom. The van der Waals surface area contributed by atoms with Gasteiger partial charge < -0.3 is 14.9 Å². The molecule has 0 bridgehead atoms. The van der Waals surface area contributed by atoms with Crippen LogP contribution in [0.5, 0.6) is 0 Å². The third-order valence-corrected chi connectivity index (χ3v) is 3.04. The molecule has 8 nitrogen and oxygen atoms in total. The molecular formula is C11H12FN3O5. The van der Waals surface area contributed by atoms with E-state index in [1.54, 1.807) is 5.92 Å². The highest BCUT2D eigenvalue weighted by Gasteiger charge is 2.59. The number of aliphatic hydroxyl groups is 2. The van der Waals surface area contributed by atoms with Crippen LogP contribution in [0.4, 0.5) is 4.39 Å². The summed E-state index contributed by atoms with van der Waals surface area (Å²) >= 11 is 0. The Bertz CT molecular complexity index is 663. The molecule has 1 fully saturated rings. The number of halogens is 1. The van der Waals surface area contributed by atoms with Crippen LogP contribution in [-0.2, 0) is 4.74 Å². The highest BCUT2D eigenvalue weighted by molar-refractivity contribution is 5.19. The second-order valence-electron chi connectivity index (χ2n) is 4.43. The summed E-state index contributed by atoms with van der Waals surface area (Å²) < 4.78 is 20.3. The van der Waals surface area contributed by atoms with Crippen LogP contribution in [0.2, 0.25) is 0 Å². The van der Waals surface area contributed by atoms with Gasteiger partial charge in [0.05, 0.1) is 6.10 Å². The lowest BCUT2D eigenvalue weighted by Crippen LogP contribution is -2.46. The summed E-state index contributed by atoms with van der Waals surface area (Å²) in [7, 11) is 0. The molecule has 1 aliphatic heterocycles. The van der Waals surface area contributed by atoms with Gasteiger partial charge in [-0.3, -0.25) is 9.78 Å². The van der Waals surface area contributed by atoms with Crippen molar-refractivity contribution in [2.75, 3.05) is 0 Å². The second kappa shape index (κ2) is 4.82. The van der Waals surface area contributed by atoms with Crippen molar-refractivity contribution in [2.45, 2.75) is 37.1 Å². The van der Waals surface area contributed by atoms with Crippen LogP contribution in [0.3, 0.4) is 0 Å². The number of hydrogen-bond donors (Lipinski definition) is 3. The zero-order chi connectivity index (χ0) is 15.1. The fourth-order valence-electron chi connectivity index (χ4n) is 2.01. The van der Waals surface area contributed by atoms with Crippen LogP contribution in [0.1, 0.15) is 13.2 Å². The molecule has 2 heterocycles. The first-order valence-corrected chi connectivity index (χ1v) is 5.67. The van der Waals surface area contributed by atoms with Gasteiger partial charge in [-0.25, -0.2) is 9.18 Å². The number of nitrogens with one attached hydrogen (secondary N) is 1. The Morgan fingerprint density at radius 2 is 2.35 bits per heavy atom. The summed E-state index contributed by atoms with van der Waals surface area (Å²) in [6.07, 6.45) is -0.357. The normalized spacial score (nSPS) is 34.6. The first kappa shape index (κ1) is 14.4. The largest absolute Gasteiger partial charge is 0.391 e. The fourth-order valence-corrected chi connectivity index (χ4v) is 2.01. The van der Waals surface area contributed by atoms with E-state index in [4.69, 9.17) is 11.2 Å². The van der Waals surface area contributed by atoms with Gasteiger partial charge in [0.2, 0.25) is 11.9 Å². The van der Waals surface area contributed by atoms with Crippen molar-refractivity contribution >= 4 is 0 Å². The Morgan fingerprint density at radius 1 is 1.70 bits per heavy atom. The number of alkyl halides is 1. The summed E-state index contributed by atoms with van der Waals surface area (Å²) in [5.74, 6) is 1.72. The number of terminal acetylenes is 1. The van der Waals surface area contributed by atoms with E-state index in [1.165, 1.54) is 6.92 Å². The van der Waals surface area contributed by atoms with Gasteiger partial charge in [0.1, 0.15) is 18.4 Å². The molecule has 9 heteroatoms. The lowest BCUT2D eigenvalue weighted by molar-refractivity contribution is -0.0850. The maximum absolute atomic E-state index is 14.7. The van der Waals surface area contributed by atoms with Gasteiger partial charge in [-0.2, -0.15) is 9.78 Å².